The molecule has 0 saturated carbocycles. The molecule has 8 heteroatoms. The van der Waals surface area contributed by atoms with Crippen LogP contribution in [0.5, 0.6) is 5.75 Å². The number of hydrogen-bond donors (Lipinski definition) is 0. The molecule has 0 aliphatic rings. The molecule has 3 aromatic heterocycles. The fourth-order valence-electron chi connectivity index (χ4n) is 3.79. The number of aromatic nitrogens is 3. The summed E-state index contributed by atoms with van der Waals surface area (Å²) in [5, 5.41) is 10.6. The molecule has 0 N–H and O–H groups in total. The third kappa shape index (κ3) is 4.36. The Morgan fingerprint density at radius 1 is 1.03 bits per heavy atom. The van der Waals surface area contributed by atoms with E-state index >= 15 is 0 Å². The molecule has 0 saturated heterocycles. The second-order valence-corrected chi connectivity index (χ2v) is 8.95. The lowest BCUT2D eigenvalue weighted by Crippen LogP contribution is -2.04. The van der Waals surface area contributed by atoms with Gasteiger partial charge >= 0.3 is 5.63 Å². The van der Waals surface area contributed by atoms with Crippen LogP contribution >= 0.6 is 11.8 Å². The molecule has 0 amide bonds. The zero-order chi connectivity index (χ0) is 23.7. The van der Waals surface area contributed by atoms with Gasteiger partial charge in [0.25, 0.3) is 0 Å². The van der Waals surface area contributed by atoms with Crippen molar-refractivity contribution < 1.29 is 13.6 Å². The maximum Gasteiger partial charge on any atom is 0.336 e. The molecule has 0 unspecified atom stereocenters. The largest absolute Gasteiger partial charge is 0.497 e. The Kier molecular flexibility index (Phi) is 5.98. The zero-order valence-electron chi connectivity index (χ0n) is 19.1. The number of nitrogens with zero attached hydrogens (tertiary/aromatic N) is 3. The van der Waals surface area contributed by atoms with E-state index in [1.165, 1.54) is 11.8 Å². The second-order valence-electron chi connectivity index (χ2n) is 8.01. The minimum atomic E-state index is -0.359. The quantitative estimate of drug-likeness (QED) is 0.224. The molecular formula is C26H23N3O4S. The van der Waals surface area contributed by atoms with Crippen LogP contribution in [-0.4, -0.2) is 21.9 Å². The molecule has 0 radical (unpaired) electrons. The lowest BCUT2D eigenvalue weighted by molar-refractivity contribution is 0.415. The molecule has 5 rings (SSSR count). The first kappa shape index (κ1) is 22.0. The summed E-state index contributed by atoms with van der Waals surface area (Å²) in [5.41, 5.74) is 4.30. The van der Waals surface area contributed by atoms with Crippen LogP contribution in [-0.2, 0) is 12.3 Å². The molecule has 172 valence electrons. The van der Waals surface area contributed by atoms with Gasteiger partial charge in [0.05, 0.1) is 19.9 Å². The van der Waals surface area contributed by atoms with Gasteiger partial charge in [-0.3, -0.25) is 4.57 Å². The molecule has 2 aromatic carbocycles. The minimum Gasteiger partial charge on any atom is -0.497 e. The smallest absolute Gasteiger partial charge is 0.336 e. The van der Waals surface area contributed by atoms with Gasteiger partial charge in [-0.25, -0.2) is 4.79 Å². The molecule has 5 aromatic rings. The summed E-state index contributed by atoms with van der Waals surface area (Å²) in [5.74, 6) is 2.85. The molecular weight excluding hydrogens is 450 g/mol. The van der Waals surface area contributed by atoms with Gasteiger partial charge in [-0.2, -0.15) is 0 Å². The van der Waals surface area contributed by atoms with Crippen molar-refractivity contribution in [1.29, 1.82) is 0 Å². The topological polar surface area (TPSA) is 83.3 Å². The molecule has 0 spiro atoms. The third-order valence-electron chi connectivity index (χ3n) is 5.76. The van der Waals surface area contributed by atoms with Crippen LogP contribution in [0.15, 0.2) is 79.6 Å². The highest BCUT2D eigenvalue weighted by Gasteiger charge is 2.17. The Morgan fingerprint density at radius 2 is 1.82 bits per heavy atom. The predicted octanol–water partition coefficient (Wildman–Crippen LogP) is 5.61. The van der Waals surface area contributed by atoms with Gasteiger partial charge in [-0.1, -0.05) is 11.8 Å². The third-order valence-corrected chi connectivity index (χ3v) is 6.78. The van der Waals surface area contributed by atoms with E-state index in [1.807, 2.05) is 54.0 Å². The fourth-order valence-corrected chi connectivity index (χ4v) is 4.72. The van der Waals surface area contributed by atoms with Crippen molar-refractivity contribution in [2.24, 2.45) is 0 Å². The fraction of sp³-hybridized carbons (Fsp3) is 0.192. The first-order valence-corrected chi connectivity index (χ1v) is 11.8. The summed E-state index contributed by atoms with van der Waals surface area (Å²) in [4.78, 5) is 12.2. The van der Waals surface area contributed by atoms with E-state index in [9.17, 15) is 4.79 Å². The Hall–Kier alpha value is -3.78. The Bertz CT molecular complexity index is 1500. The van der Waals surface area contributed by atoms with E-state index in [-0.39, 0.29) is 5.63 Å². The average Bonchev–Trinajstić information content (AvgIpc) is 3.49. The second kappa shape index (κ2) is 9.23. The van der Waals surface area contributed by atoms with Gasteiger partial charge in [0.1, 0.15) is 17.1 Å². The van der Waals surface area contributed by atoms with Crippen LogP contribution in [0.1, 0.15) is 22.5 Å². The molecule has 0 atom stereocenters. The Balaban J connectivity index is 1.51. The molecule has 0 aliphatic carbocycles. The van der Waals surface area contributed by atoms with E-state index in [2.05, 4.69) is 23.2 Å². The first-order chi connectivity index (χ1) is 16.5. The lowest BCUT2D eigenvalue weighted by Gasteiger charge is -2.10. The van der Waals surface area contributed by atoms with Crippen LogP contribution in [0.2, 0.25) is 0 Å². The highest BCUT2D eigenvalue weighted by atomic mass is 32.2. The summed E-state index contributed by atoms with van der Waals surface area (Å²) < 4.78 is 18.3. The first-order valence-electron chi connectivity index (χ1n) is 10.8. The van der Waals surface area contributed by atoms with Crippen molar-refractivity contribution in [3.8, 4) is 17.1 Å². The van der Waals surface area contributed by atoms with Crippen LogP contribution in [0, 0.1) is 13.8 Å². The maximum absolute atomic E-state index is 12.2. The molecule has 3 heterocycles. The van der Waals surface area contributed by atoms with E-state index < -0.39 is 0 Å². The number of fused-ring (bicyclic) bond motifs is 1. The molecule has 0 fully saturated rings. The van der Waals surface area contributed by atoms with Gasteiger partial charge in [0.2, 0.25) is 0 Å². The number of ether oxygens (including phenoxy) is 1. The number of hydrogen-bond acceptors (Lipinski definition) is 7. The molecule has 0 bridgehead atoms. The van der Waals surface area contributed by atoms with Gasteiger partial charge < -0.3 is 13.6 Å². The van der Waals surface area contributed by atoms with Crippen molar-refractivity contribution in [3.63, 3.8) is 0 Å². The Morgan fingerprint density at radius 3 is 2.56 bits per heavy atom. The standard InChI is InChI=1S/C26H23N3O4S/c1-16-11-22-19(13-24(30)33-23(22)12-17(16)2)15-34-26-28-27-25(18-6-8-20(31-3)9-7-18)29(26)14-21-5-4-10-32-21/h4-13H,14-15H2,1-3H3. The number of benzene rings is 2. The van der Waals surface area contributed by atoms with Crippen molar-refractivity contribution in [2.45, 2.75) is 31.3 Å². The van der Waals surface area contributed by atoms with Crippen LogP contribution in [0.25, 0.3) is 22.4 Å². The summed E-state index contributed by atoms with van der Waals surface area (Å²) in [6, 6.07) is 17.0. The number of rotatable bonds is 7. The summed E-state index contributed by atoms with van der Waals surface area (Å²) >= 11 is 1.52. The lowest BCUT2D eigenvalue weighted by atomic mass is 10.0. The van der Waals surface area contributed by atoms with Gasteiger partial charge in [-0.15, -0.1) is 10.2 Å². The molecule has 7 nitrogen and oxygen atoms in total. The van der Waals surface area contributed by atoms with E-state index in [0.29, 0.717) is 17.9 Å². The maximum atomic E-state index is 12.2. The van der Waals surface area contributed by atoms with Crippen molar-refractivity contribution in [2.75, 3.05) is 7.11 Å². The van der Waals surface area contributed by atoms with Crippen molar-refractivity contribution >= 4 is 22.7 Å². The van der Waals surface area contributed by atoms with Crippen molar-refractivity contribution in [1.82, 2.24) is 14.8 Å². The van der Waals surface area contributed by atoms with E-state index in [1.54, 1.807) is 19.4 Å². The summed E-state index contributed by atoms with van der Waals surface area (Å²) in [7, 11) is 1.64. The Labute approximate surface area is 200 Å². The number of aryl methyl sites for hydroxylation is 2. The molecule has 34 heavy (non-hydrogen) atoms. The average molecular weight is 474 g/mol. The monoisotopic (exact) mass is 473 g/mol. The summed E-state index contributed by atoms with van der Waals surface area (Å²) in [6.45, 7) is 4.55. The highest BCUT2D eigenvalue weighted by Crippen LogP contribution is 2.31. The number of furan rings is 1. The number of methoxy groups -OCH3 is 1. The molecule has 0 aliphatic heterocycles. The van der Waals surface area contributed by atoms with Gasteiger partial charge in [0, 0.05) is 22.8 Å². The normalized spacial score (nSPS) is 11.3. The van der Waals surface area contributed by atoms with Gasteiger partial charge in [-0.05, 0) is 79.1 Å². The SMILES string of the molecule is COc1ccc(-c2nnc(SCc3cc(=O)oc4cc(C)c(C)cc34)n2Cc2ccco2)cc1. The minimum absolute atomic E-state index is 0.359. The van der Waals surface area contributed by atoms with E-state index in [4.69, 9.17) is 13.6 Å². The summed E-state index contributed by atoms with van der Waals surface area (Å²) in [6.07, 6.45) is 1.65. The number of thioether (sulfide) groups is 1. The van der Waals surface area contributed by atoms with E-state index in [0.717, 1.165) is 50.1 Å². The van der Waals surface area contributed by atoms with Crippen LogP contribution in [0.3, 0.4) is 0 Å². The van der Waals surface area contributed by atoms with Crippen molar-refractivity contribution in [3.05, 3.63) is 93.7 Å². The van der Waals surface area contributed by atoms with Gasteiger partial charge in [0.15, 0.2) is 11.0 Å². The highest BCUT2D eigenvalue weighted by molar-refractivity contribution is 7.98. The zero-order valence-corrected chi connectivity index (χ0v) is 19.9. The van der Waals surface area contributed by atoms with Crippen LogP contribution < -0.4 is 10.4 Å². The van der Waals surface area contributed by atoms with Crippen LogP contribution in [0.4, 0.5) is 0 Å². The predicted molar refractivity (Wildman–Crippen MR) is 131 cm³/mol.